The van der Waals surface area contributed by atoms with Crippen LogP contribution in [-0.2, 0) is 6.54 Å². The van der Waals surface area contributed by atoms with Gasteiger partial charge >= 0.3 is 0 Å². The Kier molecular flexibility index (Phi) is 4.35. The molecule has 0 fully saturated rings. The van der Waals surface area contributed by atoms with Crippen LogP contribution in [0.2, 0.25) is 0 Å². The average molecular weight is 352 g/mol. The summed E-state index contributed by atoms with van der Waals surface area (Å²) in [6.45, 7) is 1.51. The van der Waals surface area contributed by atoms with Crippen LogP contribution in [0, 0.1) is 0 Å². The third-order valence-corrected chi connectivity index (χ3v) is 4.73. The maximum absolute atomic E-state index is 12.6. The van der Waals surface area contributed by atoms with Gasteiger partial charge in [0, 0.05) is 28.9 Å². The molecule has 0 bridgehead atoms. The molecule has 0 saturated carbocycles. The lowest BCUT2D eigenvalue weighted by Crippen LogP contribution is -2.19. The molecule has 0 aliphatic carbocycles. The molecule has 0 N–H and O–H groups in total. The smallest absolute Gasteiger partial charge is 0.196 e. The Labute approximate surface area is 149 Å². The van der Waals surface area contributed by atoms with Crippen LogP contribution in [0.1, 0.15) is 15.2 Å². The van der Waals surface area contributed by atoms with Crippen LogP contribution in [0.3, 0.4) is 0 Å². The van der Waals surface area contributed by atoms with Crippen LogP contribution >= 0.6 is 11.3 Å². The molecule has 1 aliphatic rings. The molecule has 6 heteroatoms. The number of fused-ring (bicyclic) bond motifs is 1. The van der Waals surface area contributed by atoms with Crippen LogP contribution in [-0.4, -0.2) is 28.5 Å². The number of ketones is 1. The molecule has 5 nitrogen and oxygen atoms in total. The van der Waals surface area contributed by atoms with Crippen LogP contribution < -0.4 is 9.47 Å². The molecule has 2 aromatic heterocycles. The molecule has 1 aromatic carbocycles. The highest BCUT2D eigenvalue weighted by Crippen LogP contribution is 2.32. The Morgan fingerprint density at radius 3 is 3.12 bits per heavy atom. The number of ether oxygens (including phenoxy) is 2. The Hall–Kier alpha value is -2.86. The molecule has 0 amide bonds. The van der Waals surface area contributed by atoms with E-state index in [0.717, 1.165) is 4.88 Å². The number of aromatic nitrogens is 2. The SMILES string of the molecule is O=C1C(=Cc2cccs2)COc2cc(OCCn3ccnc3)ccc21. The van der Waals surface area contributed by atoms with Gasteiger partial charge in [-0.05, 0) is 29.7 Å². The Morgan fingerprint density at radius 2 is 2.32 bits per heavy atom. The largest absolute Gasteiger partial charge is 0.492 e. The number of benzene rings is 1. The molecule has 0 spiro atoms. The van der Waals surface area contributed by atoms with E-state index in [0.29, 0.717) is 35.8 Å². The van der Waals surface area contributed by atoms with Crippen LogP contribution in [0.5, 0.6) is 11.5 Å². The van der Waals surface area contributed by atoms with Gasteiger partial charge in [0.2, 0.25) is 0 Å². The second-order valence-electron chi connectivity index (χ2n) is 5.61. The van der Waals surface area contributed by atoms with Gasteiger partial charge in [-0.2, -0.15) is 0 Å². The van der Waals surface area contributed by atoms with Gasteiger partial charge in [-0.25, -0.2) is 4.98 Å². The Morgan fingerprint density at radius 1 is 1.36 bits per heavy atom. The third kappa shape index (κ3) is 3.49. The number of carbonyl (C=O) groups excluding carboxylic acids is 1. The summed E-state index contributed by atoms with van der Waals surface area (Å²) in [6, 6.07) is 9.31. The minimum absolute atomic E-state index is 0.0135. The van der Waals surface area contributed by atoms with Gasteiger partial charge in [0.05, 0.1) is 18.4 Å². The highest BCUT2D eigenvalue weighted by atomic mass is 32.1. The first-order chi connectivity index (χ1) is 12.3. The van der Waals surface area contributed by atoms with E-state index < -0.39 is 0 Å². The summed E-state index contributed by atoms with van der Waals surface area (Å²) in [6.07, 6.45) is 7.27. The number of carbonyl (C=O) groups is 1. The highest BCUT2D eigenvalue weighted by Gasteiger charge is 2.23. The molecule has 126 valence electrons. The lowest BCUT2D eigenvalue weighted by molar-refractivity contribution is 0.100. The number of thiophene rings is 1. The Bertz CT molecular complexity index is 899. The minimum Gasteiger partial charge on any atom is -0.492 e. The van der Waals surface area contributed by atoms with Gasteiger partial charge in [-0.3, -0.25) is 4.79 Å². The van der Waals surface area contributed by atoms with Crippen molar-refractivity contribution in [2.75, 3.05) is 13.2 Å². The lowest BCUT2D eigenvalue weighted by Gasteiger charge is -2.19. The fourth-order valence-corrected chi connectivity index (χ4v) is 3.32. The number of hydrogen-bond acceptors (Lipinski definition) is 5. The number of imidazole rings is 1. The molecular formula is C19H16N2O3S. The summed E-state index contributed by atoms with van der Waals surface area (Å²) in [5.74, 6) is 1.28. The molecule has 3 heterocycles. The monoisotopic (exact) mass is 352 g/mol. The van der Waals surface area contributed by atoms with Crippen molar-refractivity contribution < 1.29 is 14.3 Å². The van der Waals surface area contributed by atoms with E-state index in [1.165, 1.54) is 0 Å². The van der Waals surface area contributed by atoms with Crippen molar-refractivity contribution in [3.63, 3.8) is 0 Å². The molecule has 4 rings (SSSR count). The number of hydrogen-bond donors (Lipinski definition) is 0. The first kappa shape index (κ1) is 15.7. The second kappa shape index (κ2) is 6.94. The van der Waals surface area contributed by atoms with E-state index in [9.17, 15) is 4.79 Å². The predicted molar refractivity (Wildman–Crippen MR) is 96.3 cm³/mol. The summed E-state index contributed by atoms with van der Waals surface area (Å²) < 4.78 is 13.5. The van der Waals surface area contributed by atoms with E-state index in [2.05, 4.69) is 4.98 Å². The predicted octanol–water partition coefficient (Wildman–Crippen LogP) is 3.68. The topological polar surface area (TPSA) is 53.4 Å². The van der Waals surface area contributed by atoms with Crippen molar-refractivity contribution in [1.29, 1.82) is 0 Å². The summed E-state index contributed by atoms with van der Waals surface area (Å²) in [5, 5.41) is 1.99. The number of Topliss-reactive ketones (excluding diaryl/α,β-unsaturated/α-hetero) is 1. The van der Waals surface area contributed by atoms with Crippen LogP contribution in [0.4, 0.5) is 0 Å². The fraction of sp³-hybridized carbons (Fsp3) is 0.158. The standard InChI is InChI=1S/C19H16N2O3S/c22-19-14(10-16-2-1-9-25-16)12-24-18-11-15(3-4-17(18)19)23-8-7-21-6-5-20-13-21/h1-6,9-11,13H,7-8,12H2. The minimum atomic E-state index is 0.0135. The average Bonchev–Trinajstić information content (AvgIpc) is 3.31. The van der Waals surface area contributed by atoms with Crippen molar-refractivity contribution in [3.05, 3.63) is 70.4 Å². The molecule has 0 unspecified atom stereocenters. The fourth-order valence-electron chi connectivity index (χ4n) is 2.63. The molecule has 0 radical (unpaired) electrons. The summed E-state index contributed by atoms with van der Waals surface area (Å²) in [5.41, 5.74) is 1.25. The zero-order valence-electron chi connectivity index (χ0n) is 13.4. The zero-order valence-corrected chi connectivity index (χ0v) is 14.2. The van der Waals surface area contributed by atoms with Gasteiger partial charge in [0.1, 0.15) is 24.7 Å². The first-order valence-corrected chi connectivity index (χ1v) is 8.82. The maximum Gasteiger partial charge on any atom is 0.196 e. The van der Waals surface area contributed by atoms with E-state index in [-0.39, 0.29) is 12.4 Å². The molecule has 25 heavy (non-hydrogen) atoms. The van der Waals surface area contributed by atoms with Gasteiger partial charge in [-0.15, -0.1) is 11.3 Å². The van der Waals surface area contributed by atoms with E-state index in [1.807, 2.05) is 40.4 Å². The molecular weight excluding hydrogens is 336 g/mol. The van der Waals surface area contributed by atoms with Crippen LogP contribution in [0.15, 0.2) is 60.0 Å². The summed E-state index contributed by atoms with van der Waals surface area (Å²) >= 11 is 1.60. The van der Waals surface area contributed by atoms with E-state index in [1.54, 1.807) is 36.0 Å². The van der Waals surface area contributed by atoms with Crippen molar-refractivity contribution in [2.45, 2.75) is 6.54 Å². The van der Waals surface area contributed by atoms with Gasteiger partial charge < -0.3 is 14.0 Å². The molecule has 0 atom stereocenters. The number of rotatable bonds is 5. The number of nitrogens with zero attached hydrogens (tertiary/aromatic N) is 2. The van der Waals surface area contributed by atoms with Crippen molar-refractivity contribution in [3.8, 4) is 11.5 Å². The molecule has 1 aliphatic heterocycles. The molecule has 3 aromatic rings. The van der Waals surface area contributed by atoms with Gasteiger partial charge in [0.15, 0.2) is 5.78 Å². The second-order valence-corrected chi connectivity index (χ2v) is 6.59. The first-order valence-electron chi connectivity index (χ1n) is 7.94. The van der Waals surface area contributed by atoms with Crippen molar-refractivity contribution >= 4 is 23.2 Å². The zero-order chi connectivity index (χ0) is 17.1. The quantitative estimate of drug-likeness (QED) is 0.657. The van der Waals surface area contributed by atoms with Crippen LogP contribution in [0.25, 0.3) is 6.08 Å². The maximum atomic E-state index is 12.6. The summed E-state index contributed by atoms with van der Waals surface area (Å²) in [4.78, 5) is 17.7. The Balaban J connectivity index is 1.46. The lowest BCUT2D eigenvalue weighted by atomic mass is 9.99. The molecule has 0 saturated heterocycles. The summed E-state index contributed by atoms with van der Waals surface area (Å²) in [7, 11) is 0. The third-order valence-electron chi connectivity index (χ3n) is 3.91. The van der Waals surface area contributed by atoms with Crippen molar-refractivity contribution in [1.82, 2.24) is 9.55 Å². The van der Waals surface area contributed by atoms with Gasteiger partial charge in [-0.1, -0.05) is 6.07 Å². The van der Waals surface area contributed by atoms with Crippen molar-refractivity contribution in [2.24, 2.45) is 0 Å². The van der Waals surface area contributed by atoms with Gasteiger partial charge in [0.25, 0.3) is 0 Å². The van der Waals surface area contributed by atoms with E-state index >= 15 is 0 Å². The highest BCUT2D eigenvalue weighted by molar-refractivity contribution is 7.10. The normalized spacial score (nSPS) is 15.0. The van der Waals surface area contributed by atoms with E-state index in [4.69, 9.17) is 9.47 Å².